The van der Waals surface area contributed by atoms with Crippen molar-refractivity contribution < 1.29 is 0 Å². The van der Waals surface area contributed by atoms with E-state index in [1.807, 2.05) is 17.9 Å². The average Bonchev–Trinajstić information content (AvgIpc) is 3.15. The largest absolute Gasteiger partial charge is 0.343 e. The molecule has 0 aliphatic heterocycles. The highest BCUT2D eigenvalue weighted by Crippen LogP contribution is 2.33. The maximum Gasteiger partial charge on any atom is 0.343 e. The minimum atomic E-state index is -0.123. The number of aromatic nitrogens is 5. The Balaban J connectivity index is 1.50. The summed E-state index contributed by atoms with van der Waals surface area (Å²) in [5, 5.41) is 15.2. The molecule has 2 aliphatic rings. The summed E-state index contributed by atoms with van der Waals surface area (Å²) in [6.45, 7) is 0. The first-order chi connectivity index (χ1) is 12.1. The van der Waals surface area contributed by atoms with E-state index in [-0.39, 0.29) is 5.69 Å². The molecule has 2 aliphatic carbocycles. The van der Waals surface area contributed by atoms with E-state index in [0.717, 1.165) is 18.7 Å². The van der Waals surface area contributed by atoms with Gasteiger partial charge in [-0.05, 0) is 38.0 Å². The summed E-state index contributed by atoms with van der Waals surface area (Å²) in [5.41, 5.74) is 2.64. The Morgan fingerprint density at radius 3 is 2.88 bits per heavy atom. The fraction of sp³-hybridized carbons (Fsp3) is 0.722. The van der Waals surface area contributed by atoms with E-state index in [2.05, 4.69) is 20.6 Å². The Kier molecular flexibility index (Phi) is 4.50. The summed E-state index contributed by atoms with van der Waals surface area (Å²) in [6, 6.07) is 0.891. The van der Waals surface area contributed by atoms with Crippen molar-refractivity contribution in [2.24, 2.45) is 20.0 Å². The van der Waals surface area contributed by atoms with Gasteiger partial charge in [-0.15, -0.1) is 0 Å². The van der Waals surface area contributed by atoms with Crippen LogP contribution in [0.4, 0.5) is 0 Å². The third kappa shape index (κ3) is 3.17. The van der Waals surface area contributed by atoms with E-state index in [1.165, 1.54) is 49.8 Å². The van der Waals surface area contributed by atoms with E-state index in [9.17, 15) is 4.79 Å². The number of aromatic amines is 1. The van der Waals surface area contributed by atoms with Crippen LogP contribution in [0.2, 0.25) is 0 Å². The SMILES string of the molecule is Cn1ncc2c1CCCC2N[C@@H]1CCCC[C@@H]1Cc1n[nH]c(=O)n1C. The zero-order chi connectivity index (χ0) is 17.4. The van der Waals surface area contributed by atoms with Crippen LogP contribution < -0.4 is 11.0 Å². The molecule has 2 heterocycles. The normalized spacial score (nSPS) is 26.6. The van der Waals surface area contributed by atoms with Gasteiger partial charge >= 0.3 is 5.69 Å². The van der Waals surface area contributed by atoms with E-state index in [0.29, 0.717) is 18.0 Å². The van der Waals surface area contributed by atoms with Gasteiger partial charge in [0.1, 0.15) is 5.82 Å². The molecule has 2 aromatic heterocycles. The molecule has 0 amide bonds. The second kappa shape index (κ2) is 6.78. The Bertz CT molecular complexity index is 788. The molecule has 0 spiro atoms. The molecule has 2 N–H and O–H groups in total. The Morgan fingerprint density at radius 2 is 2.08 bits per heavy atom. The van der Waals surface area contributed by atoms with Crippen LogP contribution in [-0.2, 0) is 26.9 Å². The molecule has 7 heteroatoms. The van der Waals surface area contributed by atoms with Crippen molar-refractivity contribution in [1.82, 2.24) is 29.9 Å². The molecule has 0 bridgehead atoms. The standard InChI is InChI=1S/C18H28N6O/c1-23-17(21-22-18(23)25)10-12-6-3-4-7-14(12)20-15-8-5-9-16-13(15)11-19-24(16)2/h11-12,14-15,20H,3-10H2,1-2H3,(H,22,25)/t12-,14-,15?/m1/s1. The van der Waals surface area contributed by atoms with Crippen molar-refractivity contribution in [1.29, 1.82) is 0 Å². The molecule has 136 valence electrons. The van der Waals surface area contributed by atoms with Crippen LogP contribution in [0, 0.1) is 5.92 Å². The average molecular weight is 344 g/mol. The van der Waals surface area contributed by atoms with Gasteiger partial charge in [0.05, 0.1) is 6.20 Å². The zero-order valence-corrected chi connectivity index (χ0v) is 15.2. The van der Waals surface area contributed by atoms with Crippen molar-refractivity contribution in [3.63, 3.8) is 0 Å². The van der Waals surface area contributed by atoms with Crippen molar-refractivity contribution in [2.45, 2.75) is 63.5 Å². The summed E-state index contributed by atoms with van der Waals surface area (Å²) >= 11 is 0. The summed E-state index contributed by atoms with van der Waals surface area (Å²) in [7, 11) is 3.85. The molecule has 2 aromatic rings. The molecule has 0 radical (unpaired) electrons. The number of nitrogens with one attached hydrogen (secondary N) is 2. The smallest absolute Gasteiger partial charge is 0.307 e. The van der Waals surface area contributed by atoms with Crippen LogP contribution in [0.5, 0.6) is 0 Å². The fourth-order valence-electron chi connectivity index (χ4n) is 4.61. The van der Waals surface area contributed by atoms with Gasteiger partial charge in [-0.1, -0.05) is 12.8 Å². The number of hydrogen-bond acceptors (Lipinski definition) is 4. The molecule has 1 fully saturated rings. The molecule has 1 saturated carbocycles. The topological polar surface area (TPSA) is 80.5 Å². The van der Waals surface area contributed by atoms with E-state index >= 15 is 0 Å². The minimum Gasteiger partial charge on any atom is -0.307 e. The van der Waals surface area contributed by atoms with Crippen LogP contribution in [0.3, 0.4) is 0 Å². The van der Waals surface area contributed by atoms with Gasteiger partial charge in [0, 0.05) is 43.9 Å². The summed E-state index contributed by atoms with van der Waals surface area (Å²) in [5.74, 6) is 1.40. The lowest BCUT2D eigenvalue weighted by Gasteiger charge is -2.36. The monoisotopic (exact) mass is 344 g/mol. The highest BCUT2D eigenvalue weighted by atomic mass is 16.1. The van der Waals surface area contributed by atoms with Gasteiger partial charge in [-0.25, -0.2) is 9.89 Å². The van der Waals surface area contributed by atoms with Gasteiger partial charge in [0.15, 0.2) is 0 Å². The highest BCUT2D eigenvalue weighted by molar-refractivity contribution is 5.25. The first-order valence-electron chi connectivity index (χ1n) is 9.50. The predicted molar refractivity (Wildman–Crippen MR) is 95.3 cm³/mol. The van der Waals surface area contributed by atoms with E-state index in [1.54, 1.807) is 11.6 Å². The van der Waals surface area contributed by atoms with Crippen LogP contribution in [0.1, 0.15) is 61.6 Å². The highest BCUT2D eigenvalue weighted by Gasteiger charge is 2.31. The van der Waals surface area contributed by atoms with E-state index < -0.39 is 0 Å². The number of fused-ring (bicyclic) bond motifs is 1. The Hall–Kier alpha value is -1.89. The molecule has 25 heavy (non-hydrogen) atoms. The quantitative estimate of drug-likeness (QED) is 0.883. The van der Waals surface area contributed by atoms with Crippen LogP contribution in [-0.4, -0.2) is 30.6 Å². The lowest BCUT2D eigenvalue weighted by molar-refractivity contribution is 0.229. The lowest BCUT2D eigenvalue weighted by Crippen LogP contribution is -2.42. The molecule has 3 atom stereocenters. The molecule has 1 unspecified atom stereocenters. The molecular weight excluding hydrogens is 316 g/mol. The van der Waals surface area contributed by atoms with Gasteiger partial charge in [0.25, 0.3) is 0 Å². The maximum absolute atomic E-state index is 11.6. The molecule has 0 saturated heterocycles. The number of hydrogen-bond donors (Lipinski definition) is 2. The third-order valence-corrected chi connectivity index (χ3v) is 6.12. The van der Waals surface area contributed by atoms with Crippen LogP contribution in [0.15, 0.2) is 11.0 Å². The van der Waals surface area contributed by atoms with Crippen molar-refractivity contribution >= 4 is 0 Å². The number of H-pyrrole nitrogens is 1. The number of aryl methyl sites for hydroxylation is 1. The lowest BCUT2D eigenvalue weighted by atomic mass is 9.81. The van der Waals surface area contributed by atoms with Gasteiger partial charge < -0.3 is 5.32 Å². The second-order valence-electron chi connectivity index (χ2n) is 7.64. The maximum atomic E-state index is 11.6. The molecule has 0 aromatic carbocycles. The second-order valence-corrected chi connectivity index (χ2v) is 7.64. The Labute approximate surface area is 147 Å². The summed E-state index contributed by atoms with van der Waals surface area (Å²) in [6.07, 6.45) is 11.4. The number of nitrogens with zero attached hydrogens (tertiary/aromatic N) is 4. The minimum absolute atomic E-state index is 0.123. The first-order valence-corrected chi connectivity index (χ1v) is 9.50. The zero-order valence-electron chi connectivity index (χ0n) is 15.2. The number of rotatable bonds is 4. The van der Waals surface area contributed by atoms with Gasteiger partial charge in [0.2, 0.25) is 0 Å². The summed E-state index contributed by atoms with van der Waals surface area (Å²) in [4.78, 5) is 11.6. The molecule has 7 nitrogen and oxygen atoms in total. The van der Waals surface area contributed by atoms with Crippen molar-refractivity contribution in [2.75, 3.05) is 0 Å². The Morgan fingerprint density at radius 1 is 1.24 bits per heavy atom. The first kappa shape index (κ1) is 16.6. The fourth-order valence-corrected chi connectivity index (χ4v) is 4.61. The third-order valence-electron chi connectivity index (χ3n) is 6.12. The summed E-state index contributed by atoms with van der Waals surface area (Å²) < 4.78 is 3.67. The van der Waals surface area contributed by atoms with Gasteiger partial charge in [-0.3, -0.25) is 9.25 Å². The molecule has 4 rings (SSSR count). The molecular formula is C18H28N6O. The van der Waals surface area contributed by atoms with Crippen LogP contribution in [0.25, 0.3) is 0 Å². The van der Waals surface area contributed by atoms with Crippen molar-refractivity contribution in [3.05, 3.63) is 33.8 Å². The van der Waals surface area contributed by atoms with Crippen LogP contribution >= 0.6 is 0 Å². The van der Waals surface area contributed by atoms with Gasteiger partial charge in [-0.2, -0.15) is 10.2 Å². The van der Waals surface area contributed by atoms with E-state index in [4.69, 9.17) is 0 Å². The predicted octanol–water partition coefficient (Wildman–Crippen LogP) is 1.61. The van der Waals surface area contributed by atoms with Crippen molar-refractivity contribution in [3.8, 4) is 0 Å².